The number of thiophene rings is 1. The molecule has 3 nitrogen and oxygen atoms in total. The van der Waals surface area contributed by atoms with Gasteiger partial charge in [-0.1, -0.05) is 30.3 Å². The number of benzene rings is 2. The van der Waals surface area contributed by atoms with E-state index in [0.29, 0.717) is 6.04 Å². The monoisotopic (exact) mass is 405 g/mol. The van der Waals surface area contributed by atoms with E-state index in [9.17, 15) is 4.39 Å². The molecule has 5 heteroatoms. The summed E-state index contributed by atoms with van der Waals surface area (Å²) in [5.41, 5.74) is 5.03. The van der Waals surface area contributed by atoms with Crippen LogP contribution in [0.15, 0.2) is 66.2 Å². The second-order valence-electron chi connectivity index (χ2n) is 7.63. The lowest BCUT2D eigenvalue weighted by Crippen LogP contribution is -2.46. The molecule has 0 aliphatic carbocycles. The van der Waals surface area contributed by atoms with Gasteiger partial charge in [0.05, 0.1) is 0 Å². The number of rotatable bonds is 5. The first-order valence-electron chi connectivity index (χ1n) is 10.1. The minimum Gasteiger partial charge on any atom is -0.361 e. The number of nitrogens with zero attached hydrogens (tertiary/aromatic N) is 1. The molecule has 5 rings (SSSR count). The van der Waals surface area contributed by atoms with Crippen LogP contribution in [-0.4, -0.2) is 36.1 Å². The van der Waals surface area contributed by atoms with E-state index >= 15 is 0 Å². The number of hydrogen-bond donors (Lipinski definition) is 2. The van der Waals surface area contributed by atoms with Crippen molar-refractivity contribution in [1.29, 1.82) is 0 Å². The third-order valence-electron chi connectivity index (χ3n) is 5.79. The topological polar surface area (TPSA) is 31.1 Å². The molecule has 29 heavy (non-hydrogen) atoms. The first kappa shape index (κ1) is 18.6. The van der Waals surface area contributed by atoms with Crippen LogP contribution in [0.5, 0.6) is 0 Å². The number of halogens is 1. The van der Waals surface area contributed by atoms with Crippen LogP contribution in [0.1, 0.15) is 17.2 Å². The predicted octanol–water partition coefficient (Wildman–Crippen LogP) is 5.22. The largest absolute Gasteiger partial charge is 0.361 e. The van der Waals surface area contributed by atoms with Gasteiger partial charge in [-0.15, -0.1) is 11.3 Å². The Bertz CT molecular complexity index is 1090. The van der Waals surface area contributed by atoms with Crippen LogP contribution in [0, 0.1) is 5.82 Å². The molecule has 4 aromatic rings. The molecule has 1 saturated heterocycles. The summed E-state index contributed by atoms with van der Waals surface area (Å²) in [6.45, 7) is 3.99. The molecule has 0 saturated carbocycles. The molecule has 0 amide bonds. The molecule has 0 radical (unpaired) electrons. The van der Waals surface area contributed by atoms with Crippen molar-refractivity contribution in [2.24, 2.45) is 0 Å². The van der Waals surface area contributed by atoms with Crippen molar-refractivity contribution in [2.75, 3.05) is 26.2 Å². The van der Waals surface area contributed by atoms with Crippen molar-refractivity contribution in [3.63, 3.8) is 0 Å². The highest BCUT2D eigenvalue weighted by Gasteiger charge is 2.23. The van der Waals surface area contributed by atoms with E-state index in [0.717, 1.165) is 32.6 Å². The zero-order chi connectivity index (χ0) is 19.6. The number of nitrogens with one attached hydrogen (secondary N) is 2. The zero-order valence-electron chi connectivity index (χ0n) is 16.2. The molecular weight excluding hydrogens is 381 g/mol. The highest BCUT2D eigenvalue weighted by Crippen LogP contribution is 2.36. The van der Waals surface area contributed by atoms with Gasteiger partial charge in [0.1, 0.15) is 5.82 Å². The lowest BCUT2D eigenvalue weighted by molar-refractivity contribution is 0.203. The Morgan fingerprint density at radius 1 is 1.07 bits per heavy atom. The molecule has 1 unspecified atom stereocenters. The number of fused-ring (bicyclic) bond motifs is 1. The Kier molecular flexibility index (Phi) is 5.19. The van der Waals surface area contributed by atoms with Gasteiger partial charge in [-0.3, -0.25) is 4.90 Å². The summed E-state index contributed by atoms with van der Waals surface area (Å²) in [6, 6.07) is 18.0. The van der Waals surface area contributed by atoms with E-state index < -0.39 is 0 Å². The summed E-state index contributed by atoms with van der Waals surface area (Å²) in [5, 5.41) is 7.18. The van der Waals surface area contributed by atoms with Gasteiger partial charge in [-0.25, -0.2) is 4.39 Å². The van der Waals surface area contributed by atoms with Gasteiger partial charge in [0.25, 0.3) is 0 Å². The average Bonchev–Trinajstić information content (AvgIpc) is 3.43. The van der Waals surface area contributed by atoms with E-state index in [1.165, 1.54) is 32.5 Å². The molecule has 1 aliphatic rings. The summed E-state index contributed by atoms with van der Waals surface area (Å²) in [6.07, 6.45) is 3.08. The second-order valence-corrected chi connectivity index (χ2v) is 8.58. The zero-order valence-corrected chi connectivity index (χ0v) is 17.0. The summed E-state index contributed by atoms with van der Waals surface area (Å²) in [5.74, 6) is -0.169. The second kappa shape index (κ2) is 8.11. The molecule has 1 atom stereocenters. The van der Waals surface area contributed by atoms with E-state index in [2.05, 4.69) is 57.1 Å². The van der Waals surface area contributed by atoms with E-state index in [-0.39, 0.29) is 5.82 Å². The molecule has 2 N–H and O–H groups in total. The van der Waals surface area contributed by atoms with Gasteiger partial charge in [-0.2, -0.15) is 0 Å². The minimum absolute atomic E-state index is 0.169. The van der Waals surface area contributed by atoms with Crippen LogP contribution in [0.4, 0.5) is 4.39 Å². The fraction of sp³-hybridized carbons (Fsp3) is 0.250. The van der Waals surface area contributed by atoms with Gasteiger partial charge in [0.2, 0.25) is 0 Å². The first-order valence-corrected chi connectivity index (χ1v) is 11.0. The van der Waals surface area contributed by atoms with Crippen LogP contribution in [0.25, 0.3) is 21.3 Å². The highest BCUT2D eigenvalue weighted by molar-refractivity contribution is 7.13. The van der Waals surface area contributed by atoms with Gasteiger partial charge >= 0.3 is 0 Å². The molecule has 1 aliphatic heterocycles. The first-order chi connectivity index (χ1) is 14.3. The number of hydrogen-bond acceptors (Lipinski definition) is 3. The van der Waals surface area contributed by atoms with Gasteiger partial charge in [-0.05, 0) is 47.2 Å². The average molecular weight is 406 g/mol. The molecule has 0 spiro atoms. The smallest absolute Gasteiger partial charge is 0.123 e. The number of aromatic amines is 1. The fourth-order valence-corrected chi connectivity index (χ4v) is 5.04. The van der Waals surface area contributed by atoms with Crippen molar-refractivity contribution in [3.05, 3.63) is 83.1 Å². The van der Waals surface area contributed by atoms with Crippen molar-refractivity contribution in [1.82, 2.24) is 15.2 Å². The number of H-pyrrole nitrogens is 1. The van der Waals surface area contributed by atoms with Crippen LogP contribution >= 0.6 is 11.3 Å². The van der Waals surface area contributed by atoms with Crippen molar-refractivity contribution >= 4 is 22.2 Å². The highest BCUT2D eigenvalue weighted by atomic mass is 32.1. The molecule has 2 aromatic carbocycles. The molecule has 3 heterocycles. The van der Waals surface area contributed by atoms with Crippen molar-refractivity contribution in [3.8, 4) is 10.4 Å². The van der Waals surface area contributed by atoms with Gasteiger partial charge in [0, 0.05) is 59.8 Å². The maximum absolute atomic E-state index is 13.1. The van der Waals surface area contributed by atoms with Crippen molar-refractivity contribution < 1.29 is 4.39 Å². The Hall–Kier alpha value is -2.47. The number of aromatic nitrogens is 1. The fourth-order valence-electron chi connectivity index (χ4n) is 4.29. The summed E-state index contributed by atoms with van der Waals surface area (Å²) < 4.78 is 13.1. The van der Waals surface area contributed by atoms with Gasteiger partial charge < -0.3 is 10.3 Å². The van der Waals surface area contributed by atoms with Crippen LogP contribution < -0.4 is 5.32 Å². The third kappa shape index (κ3) is 3.86. The molecule has 1 fully saturated rings. The normalized spacial score (nSPS) is 17.8. The Labute approximate surface area is 174 Å². The summed E-state index contributed by atoms with van der Waals surface area (Å²) in [4.78, 5) is 7.27. The lowest BCUT2D eigenvalue weighted by atomic mass is 9.97. The Morgan fingerprint density at radius 2 is 1.97 bits per heavy atom. The summed E-state index contributed by atoms with van der Waals surface area (Å²) in [7, 11) is 0. The van der Waals surface area contributed by atoms with Crippen molar-refractivity contribution in [2.45, 2.75) is 12.5 Å². The van der Waals surface area contributed by atoms with Crippen LogP contribution in [0.3, 0.4) is 0 Å². The molecule has 0 bridgehead atoms. The SMILES string of the molecule is Fc1ccc(CCN2CCNC(c3cccc4[nH]cc(-c5cccs5)c34)C2)cc1. The van der Waals surface area contributed by atoms with E-state index in [1.54, 1.807) is 23.5 Å². The Balaban J connectivity index is 1.37. The minimum atomic E-state index is -0.169. The Morgan fingerprint density at radius 3 is 2.79 bits per heavy atom. The molecule has 148 valence electrons. The summed E-state index contributed by atoms with van der Waals surface area (Å²) >= 11 is 1.78. The molecule has 2 aromatic heterocycles. The van der Waals surface area contributed by atoms with Crippen LogP contribution in [0.2, 0.25) is 0 Å². The maximum Gasteiger partial charge on any atom is 0.123 e. The van der Waals surface area contributed by atoms with E-state index in [4.69, 9.17) is 0 Å². The predicted molar refractivity (Wildman–Crippen MR) is 119 cm³/mol. The third-order valence-corrected chi connectivity index (χ3v) is 6.69. The molecular formula is C24H24FN3S. The maximum atomic E-state index is 13.1. The standard InChI is InChI=1S/C24H24FN3S/c25-18-8-6-17(7-9-18)10-12-28-13-11-26-22(16-28)19-3-1-4-21-24(19)20(15-27-21)23-5-2-14-29-23/h1-9,14-15,22,26-27H,10-13,16H2. The lowest BCUT2D eigenvalue weighted by Gasteiger charge is -2.34. The van der Waals surface area contributed by atoms with Gasteiger partial charge in [0.15, 0.2) is 0 Å². The van der Waals surface area contributed by atoms with E-state index in [1.807, 2.05) is 12.1 Å². The van der Waals surface area contributed by atoms with Crippen LogP contribution in [-0.2, 0) is 6.42 Å². The quantitative estimate of drug-likeness (QED) is 0.477. The number of piperazine rings is 1.